The molecule has 88 valence electrons. The van der Waals surface area contributed by atoms with Crippen molar-refractivity contribution in [2.45, 2.75) is 12.8 Å². The molecule has 2 aromatic rings. The van der Waals surface area contributed by atoms with Gasteiger partial charge in [0.25, 0.3) is 0 Å². The summed E-state index contributed by atoms with van der Waals surface area (Å²) in [6, 6.07) is 16.7. The SMILES string of the molecule is CNc1ccc(CCc2ccc(N)cc2)cc1. The molecule has 17 heavy (non-hydrogen) atoms. The maximum Gasteiger partial charge on any atom is 0.0337 e. The number of nitrogens with one attached hydrogen (secondary N) is 1. The Hall–Kier alpha value is -1.96. The van der Waals surface area contributed by atoms with E-state index in [-0.39, 0.29) is 0 Å². The van der Waals surface area contributed by atoms with Crippen molar-refractivity contribution >= 4 is 11.4 Å². The lowest BCUT2D eigenvalue weighted by Crippen LogP contribution is -1.93. The molecular weight excluding hydrogens is 208 g/mol. The van der Waals surface area contributed by atoms with E-state index in [1.807, 2.05) is 19.2 Å². The van der Waals surface area contributed by atoms with E-state index in [4.69, 9.17) is 5.73 Å². The van der Waals surface area contributed by atoms with Crippen LogP contribution in [0.2, 0.25) is 0 Å². The molecule has 2 aromatic carbocycles. The molecule has 0 aliphatic heterocycles. The number of nitrogen functional groups attached to an aromatic ring is 1. The highest BCUT2D eigenvalue weighted by Crippen LogP contribution is 2.12. The van der Waals surface area contributed by atoms with Crippen molar-refractivity contribution in [1.82, 2.24) is 0 Å². The van der Waals surface area contributed by atoms with Crippen molar-refractivity contribution < 1.29 is 0 Å². The molecule has 2 rings (SSSR count). The number of nitrogens with two attached hydrogens (primary N) is 1. The normalized spacial score (nSPS) is 10.2. The first-order valence-electron chi connectivity index (χ1n) is 5.89. The fourth-order valence-corrected chi connectivity index (χ4v) is 1.81. The first-order chi connectivity index (χ1) is 8.28. The average molecular weight is 226 g/mol. The molecule has 0 atom stereocenters. The minimum atomic E-state index is 0.826. The van der Waals surface area contributed by atoms with Crippen molar-refractivity contribution in [3.05, 3.63) is 59.7 Å². The predicted molar refractivity (Wildman–Crippen MR) is 74.3 cm³/mol. The zero-order valence-electron chi connectivity index (χ0n) is 10.1. The summed E-state index contributed by atoms with van der Waals surface area (Å²) < 4.78 is 0. The second-order valence-corrected chi connectivity index (χ2v) is 4.19. The average Bonchev–Trinajstić information content (AvgIpc) is 2.39. The van der Waals surface area contributed by atoms with E-state index < -0.39 is 0 Å². The molecule has 0 amide bonds. The summed E-state index contributed by atoms with van der Waals surface area (Å²) in [7, 11) is 1.93. The number of hydrogen-bond acceptors (Lipinski definition) is 2. The second-order valence-electron chi connectivity index (χ2n) is 4.19. The van der Waals surface area contributed by atoms with Crippen molar-refractivity contribution in [2.24, 2.45) is 0 Å². The first kappa shape index (κ1) is 11.5. The highest BCUT2D eigenvalue weighted by Gasteiger charge is 1.96. The first-order valence-corrected chi connectivity index (χ1v) is 5.89. The Bertz CT molecular complexity index is 457. The van der Waals surface area contributed by atoms with Gasteiger partial charge in [0.05, 0.1) is 0 Å². The zero-order valence-corrected chi connectivity index (χ0v) is 10.1. The summed E-state index contributed by atoms with van der Waals surface area (Å²) in [4.78, 5) is 0. The van der Waals surface area contributed by atoms with Gasteiger partial charge in [-0.2, -0.15) is 0 Å². The van der Waals surface area contributed by atoms with Crippen LogP contribution >= 0.6 is 0 Å². The molecule has 0 radical (unpaired) electrons. The summed E-state index contributed by atoms with van der Waals surface area (Å²) in [6.07, 6.45) is 2.12. The number of hydrogen-bond donors (Lipinski definition) is 2. The Labute approximate surface area is 102 Å². The minimum absolute atomic E-state index is 0.826. The molecule has 2 nitrogen and oxygen atoms in total. The van der Waals surface area contributed by atoms with Crippen LogP contribution in [0.1, 0.15) is 11.1 Å². The molecule has 0 aromatic heterocycles. The van der Waals surface area contributed by atoms with Gasteiger partial charge in [-0.1, -0.05) is 24.3 Å². The van der Waals surface area contributed by atoms with Crippen LogP contribution in [0.15, 0.2) is 48.5 Å². The Balaban J connectivity index is 1.95. The summed E-state index contributed by atoms with van der Waals surface area (Å²) in [6.45, 7) is 0. The van der Waals surface area contributed by atoms with E-state index >= 15 is 0 Å². The Kier molecular flexibility index (Phi) is 3.66. The van der Waals surface area contributed by atoms with Crippen molar-refractivity contribution in [3.63, 3.8) is 0 Å². The van der Waals surface area contributed by atoms with Gasteiger partial charge < -0.3 is 11.1 Å². The monoisotopic (exact) mass is 226 g/mol. The maximum absolute atomic E-state index is 5.66. The van der Waals surface area contributed by atoms with E-state index in [0.717, 1.165) is 24.2 Å². The third-order valence-electron chi connectivity index (χ3n) is 2.92. The summed E-state index contributed by atoms with van der Waals surface area (Å²) in [5.74, 6) is 0. The summed E-state index contributed by atoms with van der Waals surface area (Å²) in [5.41, 5.74) is 10.3. The molecule has 0 saturated carbocycles. The van der Waals surface area contributed by atoms with E-state index in [2.05, 4.69) is 41.7 Å². The quantitative estimate of drug-likeness (QED) is 0.786. The number of rotatable bonds is 4. The van der Waals surface area contributed by atoms with Gasteiger partial charge in [0, 0.05) is 18.4 Å². The largest absolute Gasteiger partial charge is 0.399 e. The topological polar surface area (TPSA) is 38.0 Å². The third-order valence-corrected chi connectivity index (χ3v) is 2.92. The minimum Gasteiger partial charge on any atom is -0.399 e. The number of aryl methyl sites for hydroxylation is 2. The molecule has 0 unspecified atom stereocenters. The smallest absolute Gasteiger partial charge is 0.0337 e. The Morgan fingerprint density at radius 1 is 0.824 bits per heavy atom. The van der Waals surface area contributed by atoms with Crippen LogP contribution in [-0.4, -0.2) is 7.05 Å². The van der Waals surface area contributed by atoms with Crippen LogP contribution in [0.3, 0.4) is 0 Å². The lowest BCUT2D eigenvalue weighted by atomic mass is 10.0. The molecule has 0 heterocycles. The number of anilines is 2. The molecule has 0 bridgehead atoms. The molecule has 0 saturated heterocycles. The van der Waals surface area contributed by atoms with Crippen LogP contribution in [0, 0.1) is 0 Å². The fraction of sp³-hybridized carbons (Fsp3) is 0.200. The van der Waals surface area contributed by atoms with Crippen LogP contribution in [0.4, 0.5) is 11.4 Å². The summed E-state index contributed by atoms with van der Waals surface area (Å²) >= 11 is 0. The fourth-order valence-electron chi connectivity index (χ4n) is 1.81. The van der Waals surface area contributed by atoms with Gasteiger partial charge in [-0.3, -0.25) is 0 Å². The van der Waals surface area contributed by atoms with Crippen molar-refractivity contribution in [2.75, 3.05) is 18.1 Å². The molecule has 0 aliphatic rings. The van der Waals surface area contributed by atoms with Gasteiger partial charge in [-0.15, -0.1) is 0 Å². The van der Waals surface area contributed by atoms with Gasteiger partial charge in [0.1, 0.15) is 0 Å². The molecule has 0 aliphatic carbocycles. The van der Waals surface area contributed by atoms with Gasteiger partial charge in [-0.05, 0) is 48.2 Å². The lowest BCUT2D eigenvalue weighted by Gasteiger charge is -2.04. The van der Waals surface area contributed by atoms with Gasteiger partial charge in [0.15, 0.2) is 0 Å². The molecule has 0 spiro atoms. The van der Waals surface area contributed by atoms with Gasteiger partial charge in [0.2, 0.25) is 0 Å². The van der Waals surface area contributed by atoms with Crippen molar-refractivity contribution in [1.29, 1.82) is 0 Å². The van der Waals surface area contributed by atoms with Crippen LogP contribution in [0.5, 0.6) is 0 Å². The molecule has 3 N–H and O–H groups in total. The van der Waals surface area contributed by atoms with E-state index in [9.17, 15) is 0 Å². The molecule has 0 fully saturated rings. The predicted octanol–water partition coefficient (Wildman–Crippen LogP) is 3.10. The second kappa shape index (κ2) is 5.39. The molecule has 2 heteroatoms. The Morgan fingerprint density at radius 3 is 1.76 bits per heavy atom. The van der Waals surface area contributed by atoms with Crippen LogP contribution in [-0.2, 0) is 12.8 Å². The number of benzene rings is 2. The van der Waals surface area contributed by atoms with E-state index in [1.165, 1.54) is 11.1 Å². The van der Waals surface area contributed by atoms with Gasteiger partial charge >= 0.3 is 0 Å². The van der Waals surface area contributed by atoms with Crippen LogP contribution in [0.25, 0.3) is 0 Å². The van der Waals surface area contributed by atoms with Crippen molar-refractivity contribution in [3.8, 4) is 0 Å². The van der Waals surface area contributed by atoms with Gasteiger partial charge in [-0.25, -0.2) is 0 Å². The highest BCUT2D eigenvalue weighted by molar-refractivity contribution is 5.44. The van der Waals surface area contributed by atoms with Crippen LogP contribution < -0.4 is 11.1 Å². The van der Waals surface area contributed by atoms with E-state index in [1.54, 1.807) is 0 Å². The Morgan fingerprint density at radius 2 is 1.29 bits per heavy atom. The standard InChI is InChI=1S/C15H18N2/c1-17-15-10-6-13(7-11-15)3-2-12-4-8-14(16)9-5-12/h4-11,17H,2-3,16H2,1H3. The summed E-state index contributed by atoms with van der Waals surface area (Å²) in [5, 5.41) is 3.12. The van der Waals surface area contributed by atoms with E-state index in [0.29, 0.717) is 0 Å². The highest BCUT2D eigenvalue weighted by atomic mass is 14.8. The maximum atomic E-state index is 5.66. The zero-order chi connectivity index (χ0) is 12.1. The lowest BCUT2D eigenvalue weighted by molar-refractivity contribution is 0.961. The molecular formula is C15H18N2. The third kappa shape index (κ3) is 3.25.